The van der Waals surface area contributed by atoms with E-state index in [4.69, 9.17) is 16.3 Å². The van der Waals surface area contributed by atoms with Crippen molar-refractivity contribution < 1.29 is 19.4 Å². The summed E-state index contributed by atoms with van der Waals surface area (Å²) in [7, 11) is 1.58. The van der Waals surface area contributed by atoms with E-state index in [1.54, 1.807) is 31.4 Å². The normalized spacial score (nSPS) is 13.3. The van der Waals surface area contributed by atoms with E-state index in [1.165, 1.54) is 0 Å². The van der Waals surface area contributed by atoms with Crippen LogP contribution in [0, 0.1) is 5.92 Å². The lowest BCUT2D eigenvalue weighted by molar-refractivity contribution is -0.139. The van der Waals surface area contributed by atoms with Crippen molar-refractivity contribution in [2.45, 2.75) is 13.0 Å². The van der Waals surface area contributed by atoms with Gasteiger partial charge in [0, 0.05) is 24.2 Å². The maximum absolute atomic E-state index is 11.8. The van der Waals surface area contributed by atoms with Crippen molar-refractivity contribution in [1.82, 2.24) is 10.6 Å². The Morgan fingerprint density at radius 1 is 1.38 bits per heavy atom. The van der Waals surface area contributed by atoms with Crippen LogP contribution in [-0.2, 0) is 9.53 Å². The second kappa shape index (κ2) is 8.49. The van der Waals surface area contributed by atoms with Crippen molar-refractivity contribution in [2.75, 3.05) is 20.3 Å². The molecular weight excluding hydrogens is 296 g/mol. The molecule has 3 N–H and O–H groups in total. The molecule has 0 spiro atoms. The minimum absolute atomic E-state index is 0.129. The number of ether oxygens (including phenoxy) is 1. The number of halogens is 1. The van der Waals surface area contributed by atoms with Gasteiger partial charge in [-0.2, -0.15) is 0 Å². The Balaban J connectivity index is 2.66. The predicted molar refractivity (Wildman–Crippen MR) is 79.4 cm³/mol. The summed E-state index contributed by atoms with van der Waals surface area (Å²) < 4.78 is 4.96. The monoisotopic (exact) mass is 314 g/mol. The Bertz CT molecular complexity index is 496. The van der Waals surface area contributed by atoms with Gasteiger partial charge in [0.1, 0.15) is 0 Å². The summed E-state index contributed by atoms with van der Waals surface area (Å²) in [6, 6.07) is 4.73. The second-order valence-corrected chi connectivity index (χ2v) is 5.11. The number of benzene rings is 1. The molecule has 0 saturated carbocycles. The number of nitrogens with one attached hydrogen (secondary N) is 2. The van der Waals surface area contributed by atoms with Gasteiger partial charge in [0.15, 0.2) is 6.04 Å². The van der Waals surface area contributed by atoms with Gasteiger partial charge in [0.2, 0.25) is 0 Å². The van der Waals surface area contributed by atoms with Gasteiger partial charge in [-0.05, 0) is 12.0 Å². The molecule has 0 saturated heterocycles. The van der Waals surface area contributed by atoms with Gasteiger partial charge in [-0.1, -0.05) is 36.7 Å². The maximum atomic E-state index is 11.8. The number of urea groups is 1. The first-order chi connectivity index (χ1) is 9.95. The summed E-state index contributed by atoms with van der Waals surface area (Å²) in [6.45, 7) is 2.80. The van der Waals surface area contributed by atoms with Crippen LogP contribution >= 0.6 is 11.6 Å². The summed E-state index contributed by atoms with van der Waals surface area (Å²) >= 11 is 5.96. The molecule has 0 aliphatic heterocycles. The Morgan fingerprint density at radius 2 is 2.05 bits per heavy atom. The van der Waals surface area contributed by atoms with Gasteiger partial charge in [0.05, 0.1) is 6.61 Å². The van der Waals surface area contributed by atoms with E-state index in [1.807, 2.05) is 6.92 Å². The molecule has 116 valence electrons. The Morgan fingerprint density at radius 3 is 2.62 bits per heavy atom. The molecule has 0 aromatic heterocycles. The molecule has 6 nitrogen and oxygen atoms in total. The molecule has 7 heteroatoms. The SMILES string of the molecule is COCC(C)CNC(=O)N[C@@H](C(=O)O)c1ccccc1Cl. The number of methoxy groups -OCH3 is 1. The van der Waals surface area contributed by atoms with Crippen LogP contribution in [0.2, 0.25) is 5.02 Å². The highest BCUT2D eigenvalue weighted by molar-refractivity contribution is 6.31. The van der Waals surface area contributed by atoms with Gasteiger partial charge in [-0.25, -0.2) is 9.59 Å². The second-order valence-electron chi connectivity index (χ2n) is 4.71. The van der Waals surface area contributed by atoms with Crippen LogP contribution in [0.25, 0.3) is 0 Å². The minimum atomic E-state index is -1.20. The van der Waals surface area contributed by atoms with E-state index in [9.17, 15) is 14.7 Å². The van der Waals surface area contributed by atoms with E-state index in [2.05, 4.69) is 10.6 Å². The first-order valence-corrected chi connectivity index (χ1v) is 6.84. The van der Waals surface area contributed by atoms with Gasteiger partial charge >= 0.3 is 12.0 Å². The van der Waals surface area contributed by atoms with E-state index in [0.29, 0.717) is 18.7 Å². The highest BCUT2D eigenvalue weighted by atomic mass is 35.5. The minimum Gasteiger partial charge on any atom is -0.479 e. The fourth-order valence-electron chi connectivity index (χ4n) is 1.77. The molecule has 0 fully saturated rings. The van der Waals surface area contributed by atoms with E-state index >= 15 is 0 Å². The molecule has 0 aliphatic rings. The first kappa shape index (κ1) is 17.3. The van der Waals surface area contributed by atoms with Crippen molar-refractivity contribution in [3.63, 3.8) is 0 Å². The zero-order chi connectivity index (χ0) is 15.8. The smallest absolute Gasteiger partial charge is 0.331 e. The van der Waals surface area contributed by atoms with Gasteiger partial charge < -0.3 is 20.5 Å². The summed E-state index contributed by atoms with van der Waals surface area (Å²) in [5, 5.41) is 14.5. The van der Waals surface area contributed by atoms with Crippen LogP contribution in [-0.4, -0.2) is 37.4 Å². The zero-order valence-corrected chi connectivity index (χ0v) is 12.7. The highest BCUT2D eigenvalue weighted by Gasteiger charge is 2.24. The number of carbonyl (C=O) groups is 2. The van der Waals surface area contributed by atoms with Crippen LogP contribution in [0.3, 0.4) is 0 Å². The van der Waals surface area contributed by atoms with Crippen LogP contribution in [0.15, 0.2) is 24.3 Å². The number of amides is 2. The number of hydrogen-bond donors (Lipinski definition) is 3. The molecule has 1 aromatic carbocycles. The molecule has 21 heavy (non-hydrogen) atoms. The van der Waals surface area contributed by atoms with Gasteiger partial charge in [-0.3, -0.25) is 0 Å². The predicted octanol–water partition coefficient (Wildman–Crippen LogP) is 2.05. The number of carbonyl (C=O) groups excluding carboxylic acids is 1. The maximum Gasteiger partial charge on any atom is 0.331 e. The molecule has 1 aromatic rings. The summed E-state index contributed by atoms with van der Waals surface area (Å²) in [6.07, 6.45) is 0. The molecule has 0 aliphatic carbocycles. The number of aliphatic carboxylic acids is 1. The Hall–Kier alpha value is -1.79. The standard InChI is InChI=1S/C14H19ClN2O4/c1-9(8-21-2)7-16-14(20)17-12(13(18)19)10-5-3-4-6-11(10)15/h3-6,9,12H,7-8H2,1-2H3,(H,18,19)(H2,16,17,20)/t9?,12-/m1/s1. The third-order valence-corrected chi connectivity index (χ3v) is 3.15. The Labute approximate surface area is 128 Å². The highest BCUT2D eigenvalue weighted by Crippen LogP contribution is 2.22. The van der Waals surface area contributed by atoms with Crippen molar-refractivity contribution >= 4 is 23.6 Å². The molecule has 0 radical (unpaired) electrons. The first-order valence-electron chi connectivity index (χ1n) is 6.46. The van der Waals surface area contributed by atoms with Gasteiger partial charge in [0.25, 0.3) is 0 Å². The molecule has 2 amide bonds. The summed E-state index contributed by atoms with van der Waals surface area (Å²) in [5.74, 6) is -1.05. The van der Waals surface area contributed by atoms with Crippen LogP contribution < -0.4 is 10.6 Å². The Kier molecular flexibility index (Phi) is 6.98. The number of carboxylic acid groups (broad SMARTS) is 1. The average Bonchev–Trinajstić information content (AvgIpc) is 2.43. The van der Waals surface area contributed by atoms with E-state index < -0.39 is 18.0 Å². The lowest BCUT2D eigenvalue weighted by atomic mass is 10.1. The van der Waals surface area contributed by atoms with Crippen molar-refractivity contribution in [1.29, 1.82) is 0 Å². The number of hydrogen-bond acceptors (Lipinski definition) is 3. The molecule has 0 bridgehead atoms. The fraction of sp³-hybridized carbons (Fsp3) is 0.429. The third kappa shape index (κ3) is 5.61. The lowest BCUT2D eigenvalue weighted by Crippen LogP contribution is -2.42. The van der Waals surface area contributed by atoms with Crippen molar-refractivity contribution in [2.24, 2.45) is 5.92 Å². The van der Waals surface area contributed by atoms with Crippen molar-refractivity contribution in [3.05, 3.63) is 34.9 Å². The quantitative estimate of drug-likeness (QED) is 0.718. The van der Waals surface area contributed by atoms with Crippen LogP contribution in [0.4, 0.5) is 4.79 Å². The van der Waals surface area contributed by atoms with Crippen LogP contribution in [0.1, 0.15) is 18.5 Å². The molecule has 2 atom stereocenters. The summed E-state index contributed by atoms with van der Waals surface area (Å²) in [5.41, 5.74) is 0.340. The van der Waals surface area contributed by atoms with Crippen LogP contribution in [0.5, 0.6) is 0 Å². The third-order valence-electron chi connectivity index (χ3n) is 2.80. The molecule has 1 rings (SSSR count). The number of rotatable bonds is 7. The number of carboxylic acids is 1. The molecule has 1 unspecified atom stereocenters. The van der Waals surface area contributed by atoms with Crippen molar-refractivity contribution in [3.8, 4) is 0 Å². The molecular formula is C14H19ClN2O4. The topological polar surface area (TPSA) is 87.7 Å². The summed E-state index contributed by atoms with van der Waals surface area (Å²) in [4.78, 5) is 23.1. The average molecular weight is 315 g/mol. The molecule has 0 heterocycles. The fourth-order valence-corrected chi connectivity index (χ4v) is 2.02. The largest absolute Gasteiger partial charge is 0.479 e. The zero-order valence-electron chi connectivity index (χ0n) is 11.9. The van der Waals surface area contributed by atoms with E-state index in [0.717, 1.165) is 0 Å². The van der Waals surface area contributed by atoms with Gasteiger partial charge in [-0.15, -0.1) is 0 Å². The van der Waals surface area contributed by atoms with E-state index in [-0.39, 0.29) is 10.9 Å². The lowest BCUT2D eigenvalue weighted by Gasteiger charge is -2.18.